The molecular formula is C15H22N2O4. The van der Waals surface area contributed by atoms with Crippen molar-refractivity contribution >= 4 is 17.7 Å². The molecule has 0 unspecified atom stereocenters. The molecule has 0 heterocycles. The molecule has 0 bridgehead atoms. The van der Waals surface area contributed by atoms with E-state index < -0.39 is 5.97 Å². The van der Waals surface area contributed by atoms with Crippen LogP contribution in [0, 0.1) is 6.92 Å². The Kier molecular flexibility index (Phi) is 7.25. The molecule has 0 radical (unpaired) electrons. The first kappa shape index (κ1) is 17.0. The summed E-state index contributed by atoms with van der Waals surface area (Å²) in [6.07, 6.45) is -0.104. The van der Waals surface area contributed by atoms with Crippen molar-refractivity contribution in [2.45, 2.75) is 20.3 Å². The highest BCUT2D eigenvalue weighted by molar-refractivity contribution is 5.93. The van der Waals surface area contributed by atoms with E-state index >= 15 is 0 Å². The lowest BCUT2D eigenvalue weighted by atomic mass is 10.2. The largest absolute Gasteiger partial charge is 0.481 e. The van der Waals surface area contributed by atoms with Crippen LogP contribution in [-0.4, -0.2) is 43.4 Å². The monoisotopic (exact) mass is 294 g/mol. The number of urea groups is 1. The van der Waals surface area contributed by atoms with Crippen LogP contribution in [0.2, 0.25) is 0 Å². The Morgan fingerprint density at radius 1 is 1.33 bits per heavy atom. The number of carboxylic acid groups (broad SMARTS) is 1. The van der Waals surface area contributed by atoms with Crippen LogP contribution in [0.15, 0.2) is 24.3 Å². The third kappa shape index (κ3) is 5.83. The van der Waals surface area contributed by atoms with E-state index in [1.54, 1.807) is 6.07 Å². The summed E-state index contributed by atoms with van der Waals surface area (Å²) in [5, 5.41) is 11.6. The number of carboxylic acids is 1. The van der Waals surface area contributed by atoms with Crippen molar-refractivity contribution in [2.24, 2.45) is 0 Å². The van der Waals surface area contributed by atoms with E-state index in [9.17, 15) is 9.59 Å². The maximum absolute atomic E-state index is 12.2. The van der Waals surface area contributed by atoms with Crippen molar-refractivity contribution in [3.8, 4) is 0 Å². The minimum Gasteiger partial charge on any atom is -0.481 e. The van der Waals surface area contributed by atoms with E-state index in [2.05, 4.69) is 5.32 Å². The molecule has 0 aliphatic heterocycles. The van der Waals surface area contributed by atoms with Crippen molar-refractivity contribution < 1.29 is 19.4 Å². The van der Waals surface area contributed by atoms with Gasteiger partial charge in [0.1, 0.15) is 0 Å². The molecule has 21 heavy (non-hydrogen) atoms. The van der Waals surface area contributed by atoms with Gasteiger partial charge in [0.15, 0.2) is 0 Å². The van der Waals surface area contributed by atoms with Crippen molar-refractivity contribution in [1.82, 2.24) is 5.32 Å². The Morgan fingerprint density at radius 2 is 2.05 bits per heavy atom. The molecule has 1 rings (SSSR count). The average Bonchev–Trinajstić information content (AvgIpc) is 2.45. The zero-order valence-electron chi connectivity index (χ0n) is 12.5. The van der Waals surface area contributed by atoms with E-state index in [1.165, 1.54) is 4.90 Å². The van der Waals surface area contributed by atoms with Crippen LogP contribution in [0.25, 0.3) is 0 Å². The molecule has 116 valence electrons. The molecule has 0 saturated heterocycles. The maximum Gasteiger partial charge on any atom is 0.321 e. The lowest BCUT2D eigenvalue weighted by Gasteiger charge is -2.24. The molecule has 6 nitrogen and oxygen atoms in total. The van der Waals surface area contributed by atoms with Crippen LogP contribution < -0.4 is 10.2 Å². The Morgan fingerprint density at radius 3 is 2.67 bits per heavy atom. The molecule has 2 amide bonds. The SMILES string of the molecule is CCOCCNC(=O)N(CCC(=O)O)c1ccccc1C. The van der Waals surface area contributed by atoms with Gasteiger partial charge in [-0.2, -0.15) is 0 Å². The van der Waals surface area contributed by atoms with E-state index in [4.69, 9.17) is 9.84 Å². The van der Waals surface area contributed by atoms with Crippen LogP contribution in [-0.2, 0) is 9.53 Å². The van der Waals surface area contributed by atoms with E-state index in [0.717, 1.165) is 5.56 Å². The highest BCUT2D eigenvalue weighted by atomic mass is 16.5. The summed E-state index contributed by atoms with van der Waals surface area (Å²) in [6, 6.07) is 7.07. The van der Waals surface area contributed by atoms with Gasteiger partial charge in [-0.3, -0.25) is 9.69 Å². The van der Waals surface area contributed by atoms with Crippen LogP contribution in [0.5, 0.6) is 0 Å². The third-order valence-electron chi connectivity index (χ3n) is 2.93. The quantitative estimate of drug-likeness (QED) is 0.719. The first-order valence-electron chi connectivity index (χ1n) is 6.96. The van der Waals surface area contributed by atoms with E-state index in [-0.39, 0.29) is 19.0 Å². The van der Waals surface area contributed by atoms with Gasteiger partial charge in [-0.05, 0) is 25.5 Å². The Balaban J connectivity index is 2.74. The van der Waals surface area contributed by atoms with Gasteiger partial charge < -0.3 is 15.2 Å². The maximum atomic E-state index is 12.2. The number of hydrogen-bond donors (Lipinski definition) is 2. The summed E-state index contributed by atoms with van der Waals surface area (Å²) in [7, 11) is 0. The molecule has 6 heteroatoms. The third-order valence-corrected chi connectivity index (χ3v) is 2.93. The average molecular weight is 294 g/mol. The number of para-hydroxylation sites is 1. The first-order valence-corrected chi connectivity index (χ1v) is 6.96. The minimum atomic E-state index is -0.935. The van der Waals surface area contributed by atoms with Gasteiger partial charge in [-0.25, -0.2) is 4.79 Å². The predicted octanol–water partition coefficient (Wildman–Crippen LogP) is 2.02. The zero-order valence-corrected chi connectivity index (χ0v) is 12.5. The molecule has 0 aromatic heterocycles. The van der Waals surface area contributed by atoms with Gasteiger partial charge >= 0.3 is 12.0 Å². The number of rotatable bonds is 8. The number of carbonyl (C=O) groups is 2. The number of nitrogens with one attached hydrogen (secondary N) is 1. The first-order chi connectivity index (χ1) is 10.1. The predicted molar refractivity (Wildman–Crippen MR) is 80.7 cm³/mol. The topological polar surface area (TPSA) is 78.9 Å². The van der Waals surface area contributed by atoms with Crippen LogP contribution in [0.3, 0.4) is 0 Å². The normalized spacial score (nSPS) is 10.2. The summed E-state index contributed by atoms with van der Waals surface area (Å²) in [5.74, 6) is -0.935. The number of amides is 2. The molecule has 0 aliphatic carbocycles. The molecule has 0 saturated carbocycles. The smallest absolute Gasteiger partial charge is 0.321 e. The lowest BCUT2D eigenvalue weighted by molar-refractivity contribution is -0.136. The second kappa shape index (κ2) is 8.97. The number of aryl methyl sites for hydroxylation is 1. The standard InChI is InChI=1S/C15H22N2O4/c1-3-21-11-9-16-15(20)17(10-8-14(18)19)13-7-5-4-6-12(13)2/h4-7H,3,8-11H2,1-2H3,(H,16,20)(H,18,19). The fourth-order valence-corrected chi connectivity index (χ4v) is 1.88. The van der Waals surface area contributed by atoms with Crippen LogP contribution in [0.1, 0.15) is 18.9 Å². The van der Waals surface area contributed by atoms with Crippen molar-refractivity contribution in [3.63, 3.8) is 0 Å². The van der Waals surface area contributed by atoms with Crippen LogP contribution >= 0.6 is 0 Å². The summed E-state index contributed by atoms with van der Waals surface area (Å²) in [6.45, 7) is 5.31. The summed E-state index contributed by atoms with van der Waals surface area (Å²) >= 11 is 0. The summed E-state index contributed by atoms with van der Waals surface area (Å²) in [5.41, 5.74) is 1.63. The number of benzene rings is 1. The molecule has 0 atom stereocenters. The molecule has 1 aromatic rings. The Hall–Kier alpha value is -2.08. The number of carbonyl (C=O) groups excluding carboxylic acids is 1. The lowest BCUT2D eigenvalue weighted by Crippen LogP contribution is -2.42. The van der Waals surface area contributed by atoms with Crippen molar-refractivity contribution in [3.05, 3.63) is 29.8 Å². The van der Waals surface area contributed by atoms with Gasteiger partial charge in [-0.15, -0.1) is 0 Å². The minimum absolute atomic E-state index is 0.104. The zero-order chi connectivity index (χ0) is 15.7. The summed E-state index contributed by atoms with van der Waals surface area (Å²) in [4.78, 5) is 24.5. The fraction of sp³-hybridized carbons (Fsp3) is 0.467. The Labute approximate surface area is 124 Å². The van der Waals surface area contributed by atoms with E-state index in [0.29, 0.717) is 25.4 Å². The fourth-order valence-electron chi connectivity index (χ4n) is 1.88. The number of aliphatic carboxylic acids is 1. The summed E-state index contributed by atoms with van der Waals surface area (Å²) < 4.78 is 5.16. The molecular weight excluding hydrogens is 272 g/mol. The van der Waals surface area contributed by atoms with Crippen molar-refractivity contribution in [1.29, 1.82) is 0 Å². The van der Waals surface area contributed by atoms with Crippen molar-refractivity contribution in [2.75, 3.05) is 31.2 Å². The molecule has 0 aliphatic rings. The number of hydrogen-bond acceptors (Lipinski definition) is 3. The molecule has 0 spiro atoms. The van der Waals surface area contributed by atoms with Crippen LogP contribution in [0.4, 0.5) is 10.5 Å². The van der Waals surface area contributed by atoms with E-state index in [1.807, 2.05) is 32.0 Å². The van der Waals surface area contributed by atoms with Gasteiger partial charge in [-0.1, -0.05) is 18.2 Å². The van der Waals surface area contributed by atoms with Gasteiger partial charge in [0.25, 0.3) is 0 Å². The number of nitrogens with zero attached hydrogens (tertiary/aromatic N) is 1. The molecule has 2 N–H and O–H groups in total. The number of anilines is 1. The second-order valence-corrected chi connectivity index (χ2v) is 4.51. The highest BCUT2D eigenvalue weighted by Crippen LogP contribution is 2.19. The number of ether oxygens (including phenoxy) is 1. The molecule has 1 aromatic carbocycles. The molecule has 0 fully saturated rings. The highest BCUT2D eigenvalue weighted by Gasteiger charge is 2.17. The van der Waals surface area contributed by atoms with Gasteiger partial charge in [0.05, 0.1) is 13.0 Å². The van der Waals surface area contributed by atoms with Gasteiger partial charge in [0, 0.05) is 25.4 Å². The second-order valence-electron chi connectivity index (χ2n) is 4.51. The Bertz CT molecular complexity index is 476. The van der Waals surface area contributed by atoms with Gasteiger partial charge in [0.2, 0.25) is 0 Å².